The average molecular weight is 293 g/mol. The first kappa shape index (κ1) is 13.5. The number of alkyl halides is 3. The van der Waals surface area contributed by atoms with Crippen LogP contribution in [-0.4, -0.2) is 11.1 Å². The number of aromatic carboxylic acids is 1. The maximum Gasteiger partial charge on any atom is 0.416 e. The van der Waals surface area contributed by atoms with E-state index in [1.165, 1.54) is 12.1 Å². The van der Waals surface area contributed by atoms with Gasteiger partial charge in [-0.2, -0.15) is 13.2 Å². The van der Waals surface area contributed by atoms with Gasteiger partial charge in [0.1, 0.15) is 0 Å². The summed E-state index contributed by atoms with van der Waals surface area (Å²) in [4.78, 5) is 11.2. The number of anilines is 2. The highest BCUT2D eigenvalue weighted by Gasteiger charge is 2.32. The van der Waals surface area contributed by atoms with Crippen LogP contribution >= 0.6 is 0 Å². The number of carbonyl (C=O) groups is 1. The fourth-order valence-electron chi connectivity index (χ4n) is 2.44. The van der Waals surface area contributed by atoms with E-state index in [1.807, 2.05) is 0 Å². The number of nitrogens with one attached hydrogen (secondary N) is 1. The minimum absolute atomic E-state index is 0.0514. The summed E-state index contributed by atoms with van der Waals surface area (Å²) in [5, 5.41) is 12.0. The summed E-state index contributed by atoms with van der Waals surface area (Å²) in [5.74, 6) is -1.12. The first-order valence-electron chi connectivity index (χ1n) is 6.18. The number of benzene rings is 2. The highest BCUT2D eigenvalue weighted by atomic mass is 19.4. The molecule has 0 aromatic heterocycles. The third-order valence-corrected chi connectivity index (χ3v) is 3.46. The van der Waals surface area contributed by atoms with Gasteiger partial charge in [-0.3, -0.25) is 0 Å². The zero-order valence-corrected chi connectivity index (χ0v) is 10.7. The lowest BCUT2D eigenvalue weighted by Crippen LogP contribution is -2.13. The number of hydrogen-bond acceptors (Lipinski definition) is 2. The van der Waals surface area contributed by atoms with E-state index in [9.17, 15) is 18.0 Å². The Bertz CT molecular complexity index is 738. The molecule has 6 heteroatoms. The van der Waals surface area contributed by atoms with E-state index in [0.29, 0.717) is 23.4 Å². The van der Waals surface area contributed by atoms with Gasteiger partial charge in [0, 0.05) is 12.1 Å². The third-order valence-electron chi connectivity index (χ3n) is 3.46. The number of rotatable bonds is 1. The molecular formula is C15H10F3NO2. The van der Waals surface area contributed by atoms with E-state index in [0.717, 1.165) is 17.7 Å². The van der Waals surface area contributed by atoms with Crippen molar-refractivity contribution in [1.82, 2.24) is 0 Å². The molecule has 0 atom stereocenters. The van der Waals surface area contributed by atoms with Crippen LogP contribution in [0.5, 0.6) is 0 Å². The Balaban J connectivity index is 2.08. The van der Waals surface area contributed by atoms with Crippen LogP contribution in [0.2, 0.25) is 0 Å². The van der Waals surface area contributed by atoms with E-state index in [4.69, 9.17) is 5.11 Å². The van der Waals surface area contributed by atoms with Gasteiger partial charge in [-0.25, -0.2) is 4.79 Å². The van der Waals surface area contributed by atoms with Crippen LogP contribution < -0.4 is 5.32 Å². The summed E-state index contributed by atoms with van der Waals surface area (Å²) in [6, 6.07) is 8.27. The molecule has 21 heavy (non-hydrogen) atoms. The van der Waals surface area contributed by atoms with Gasteiger partial charge in [0.2, 0.25) is 0 Å². The molecule has 3 rings (SSSR count). The van der Waals surface area contributed by atoms with Crippen molar-refractivity contribution < 1.29 is 23.1 Å². The van der Waals surface area contributed by atoms with Crippen molar-refractivity contribution in [2.45, 2.75) is 12.6 Å². The highest BCUT2D eigenvalue weighted by molar-refractivity contribution is 5.97. The molecule has 0 unspecified atom stereocenters. The second-order valence-electron chi connectivity index (χ2n) is 4.82. The topological polar surface area (TPSA) is 49.3 Å². The monoisotopic (exact) mass is 293 g/mol. The number of hydrogen-bond donors (Lipinski definition) is 2. The molecule has 2 aromatic rings. The molecule has 0 saturated heterocycles. The van der Waals surface area contributed by atoms with Crippen LogP contribution in [0.25, 0.3) is 0 Å². The predicted octanol–water partition coefficient (Wildman–Crippen LogP) is 4.05. The Hall–Kier alpha value is -2.50. The van der Waals surface area contributed by atoms with Crippen LogP contribution in [0.4, 0.5) is 24.5 Å². The molecule has 0 aliphatic carbocycles. The molecule has 1 aliphatic heterocycles. The summed E-state index contributed by atoms with van der Waals surface area (Å²) in [7, 11) is 0. The van der Waals surface area contributed by atoms with Crippen molar-refractivity contribution in [3.63, 3.8) is 0 Å². The average Bonchev–Trinajstić information content (AvgIpc) is 2.42. The smallest absolute Gasteiger partial charge is 0.416 e. The number of para-hydroxylation sites is 1. The normalized spacial score (nSPS) is 13.1. The maximum absolute atomic E-state index is 12.7. The van der Waals surface area contributed by atoms with Gasteiger partial charge in [0.05, 0.1) is 16.8 Å². The summed E-state index contributed by atoms with van der Waals surface area (Å²) in [6.45, 7) is 0. The second kappa shape index (κ2) is 4.51. The van der Waals surface area contributed by atoms with Gasteiger partial charge in [-0.1, -0.05) is 18.2 Å². The predicted molar refractivity (Wildman–Crippen MR) is 70.9 cm³/mol. The van der Waals surface area contributed by atoms with E-state index in [2.05, 4.69) is 5.32 Å². The fraction of sp³-hybridized carbons (Fsp3) is 0.133. The fourth-order valence-corrected chi connectivity index (χ4v) is 2.44. The van der Waals surface area contributed by atoms with Gasteiger partial charge in [-0.15, -0.1) is 0 Å². The first-order chi connectivity index (χ1) is 9.86. The lowest BCUT2D eigenvalue weighted by atomic mass is 9.93. The van der Waals surface area contributed by atoms with Gasteiger partial charge >= 0.3 is 12.1 Å². The van der Waals surface area contributed by atoms with Crippen molar-refractivity contribution >= 4 is 17.3 Å². The van der Waals surface area contributed by atoms with Gasteiger partial charge in [-0.05, 0) is 29.3 Å². The molecule has 1 aliphatic rings. The Morgan fingerprint density at radius 2 is 1.90 bits per heavy atom. The third kappa shape index (κ3) is 2.33. The summed E-state index contributed by atoms with van der Waals surface area (Å²) < 4.78 is 38.2. The molecule has 0 amide bonds. The van der Waals surface area contributed by atoms with Crippen LogP contribution in [0.3, 0.4) is 0 Å². The zero-order chi connectivity index (χ0) is 15.2. The van der Waals surface area contributed by atoms with Crippen LogP contribution in [0, 0.1) is 0 Å². The molecule has 2 N–H and O–H groups in total. The Morgan fingerprint density at radius 1 is 1.14 bits per heavy atom. The van der Waals surface area contributed by atoms with Crippen molar-refractivity contribution in [3.8, 4) is 0 Å². The van der Waals surface area contributed by atoms with Gasteiger partial charge in [0.25, 0.3) is 0 Å². The standard InChI is InChI=1S/C15H10F3NO2/c16-15(17,18)10-5-4-8-6-9-2-1-3-11(14(20)21)13(9)19-12(8)7-10/h1-5,7,19H,6H2,(H,20,21). The highest BCUT2D eigenvalue weighted by Crippen LogP contribution is 2.38. The van der Waals surface area contributed by atoms with E-state index in [-0.39, 0.29) is 5.56 Å². The molecule has 3 nitrogen and oxygen atoms in total. The van der Waals surface area contributed by atoms with Crippen LogP contribution in [0.1, 0.15) is 27.0 Å². The Kier molecular flexibility index (Phi) is 2.90. The van der Waals surface area contributed by atoms with E-state index < -0.39 is 17.7 Å². The van der Waals surface area contributed by atoms with Gasteiger partial charge < -0.3 is 10.4 Å². The molecule has 1 heterocycles. The lowest BCUT2D eigenvalue weighted by molar-refractivity contribution is -0.137. The van der Waals surface area contributed by atoms with Gasteiger partial charge in [0.15, 0.2) is 0 Å². The molecule has 0 fully saturated rings. The lowest BCUT2D eigenvalue weighted by Gasteiger charge is -2.24. The summed E-state index contributed by atoms with van der Waals surface area (Å²) in [6.07, 6.45) is -4.03. The largest absolute Gasteiger partial charge is 0.478 e. The molecule has 0 spiro atoms. The minimum atomic E-state index is -4.43. The maximum atomic E-state index is 12.7. The van der Waals surface area contributed by atoms with Crippen LogP contribution in [-0.2, 0) is 12.6 Å². The summed E-state index contributed by atoms with van der Waals surface area (Å²) in [5.41, 5.74) is 1.41. The molecule has 0 radical (unpaired) electrons. The van der Waals surface area contributed by atoms with Crippen molar-refractivity contribution in [2.75, 3.05) is 5.32 Å². The zero-order valence-electron chi connectivity index (χ0n) is 10.7. The first-order valence-corrected chi connectivity index (χ1v) is 6.18. The van der Waals surface area contributed by atoms with Crippen molar-refractivity contribution in [2.24, 2.45) is 0 Å². The Labute approximate surface area is 118 Å². The minimum Gasteiger partial charge on any atom is -0.478 e. The number of fused-ring (bicyclic) bond motifs is 2. The SMILES string of the molecule is O=C(O)c1cccc2c1Nc1cc(C(F)(F)F)ccc1C2. The van der Waals surface area contributed by atoms with Crippen LogP contribution in [0.15, 0.2) is 36.4 Å². The molecule has 0 bridgehead atoms. The molecule has 0 saturated carbocycles. The Morgan fingerprint density at radius 3 is 2.57 bits per heavy atom. The van der Waals surface area contributed by atoms with Crippen molar-refractivity contribution in [3.05, 3.63) is 58.7 Å². The van der Waals surface area contributed by atoms with E-state index >= 15 is 0 Å². The molecular weight excluding hydrogens is 283 g/mol. The molecule has 108 valence electrons. The number of carboxylic acids is 1. The number of halogens is 3. The summed E-state index contributed by atoms with van der Waals surface area (Å²) >= 11 is 0. The number of carboxylic acid groups (broad SMARTS) is 1. The van der Waals surface area contributed by atoms with E-state index in [1.54, 1.807) is 12.1 Å². The second-order valence-corrected chi connectivity index (χ2v) is 4.82. The molecule has 2 aromatic carbocycles. The van der Waals surface area contributed by atoms with Crippen molar-refractivity contribution in [1.29, 1.82) is 0 Å². The quantitative estimate of drug-likeness (QED) is 0.711.